The van der Waals surface area contributed by atoms with Gasteiger partial charge in [-0.1, -0.05) is 6.07 Å². The third-order valence-electron chi connectivity index (χ3n) is 3.86. The summed E-state index contributed by atoms with van der Waals surface area (Å²) < 4.78 is 37.8. The van der Waals surface area contributed by atoms with Crippen molar-refractivity contribution < 1.29 is 22.8 Å². The number of halogens is 3. The van der Waals surface area contributed by atoms with Crippen LogP contribution in [0, 0.1) is 5.92 Å². The van der Waals surface area contributed by atoms with Crippen molar-refractivity contribution in [2.24, 2.45) is 5.92 Å². The summed E-state index contributed by atoms with van der Waals surface area (Å²) in [4.78, 5) is 23.7. The van der Waals surface area contributed by atoms with Crippen LogP contribution in [0.1, 0.15) is 35.7 Å². The van der Waals surface area contributed by atoms with Crippen LogP contribution >= 0.6 is 0 Å². The van der Waals surface area contributed by atoms with Crippen LogP contribution < -0.4 is 10.6 Å². The van der Waals surface area contributed by atoms with Crippen molar-refractivity contribution >= 4 is 11.7 Å². The summed E-state index contributed by atoms with van der Waals surface area (Å²) in [6.07, 6.45) is -3.23. The number of carbonyl (C=O) groups excluding carboxylic acids is 2. The van der Waals surface area contributed by atoms with Crippen LogP contribution in [0.3, 0.4) is 0 Å². The SMILES string of the molecule is C[C@H]1C[C@@H](CC(=O)CNC(=O)c2cccc(C(F)(F)F)c2)CN1. The van der Waals surface area contributed by atoms with Crippen molar-refractivity contribution in [2.45, 2.75) is 32.0 Å². The third kappa shape index (κ3) is 5.06. The van der Waals surface area contributed by atoms with Crippen molar-refractivity contribution in [2.75, 3.05) is 13.1 Å². The molecule has 4 nitrogen and oxygen atoms in total. The first kappa shape index (κ1) is 17.5. The number of hydrogen-bond donors (Lipinski definition) is 2. The fourth-order valence-electron chi connectivity index (χ4n) is 2.70. The number of rotatable bonds is 5. The van der Waals surface area contributed by atoms with Gasteiger partial charge in [0.15, 0.2) is 5.78 Å². The number of alkyl halides is 3. The van der Waals surface area contributed by atoms with Crippen LogP contribution in [0.4, 0.5) is 13.2 Å². The highest BCUT2D eigenvalue weighted by atomic mass is 19.4. The molecule has 126 valence electrons. The van der Waals surface area contributed by atoms with E-state index < -0.39 is 17.6 Å². The average molecular weight is 328 g/mol. The summed E-state index contributed by atoms with van der Waals surface area (Å²) in [5.41, 5.74) is -0.994. The van der Waals surface area contributed by atoms with E-state index in [0.29, 0.717) is 12.5 Å². The monoisotopic (exact) mass is 328 g/mol. The van der Waals surface area contributed by atoms with E-state index in [-0.39, 0.29) is 23.8 Å². The first-order valence-corrected chi connectivity index (χ1v) is 7.46. The maximum atomic E-state index is 12.6. The Bertz CT molecular complexity index is 587. The van der Waals surface area contributed by atoms with Gasteiger partial charge >= 0.3 is 6.18 Å². The van der Waals surface area contributed by atoms with Crippen molar-refractivity contribution in [3.63, 3.8) is 0 Å². The molecule has 0 spiro atoms. The normalized spacial score (nSPS) is 21.2. The Morgan fingerprint density at radius 2 is 2.09 bits per heavy atom. The molecule has 7 heteroatoms. The van der Waals surface area contributed by atoms with E-state index in [1.54, 1.807) is 0 Å². The highest BCUT2D eigenvalue weighted by molar-refractivity contribution is 5.96. The van der Waals surface area contributed by atoms with Gasteiger partial charge in [-0.05, 0) is 44.0 Å². The van der Waals surface area contributed by atoms with E-state index >= 15 is 0 Å². The van der Waals surface area contributed by atoms with Crippen molar-refractivity contribution in [3.8, 4) is 0 Å². The molecular formula is C16H19F3N2O2. The molecule has 1 aromatic rings. The van der Waals surface area contributed by atoms with E-state index in [1.165, 1.54) is 12.1 Å². The van der Waals surface area contributed by atoms with Crippen LogP contribution in [-0.4, -0.2) is 30.8 Å². The summed E-state index contributed by atoms with van der Waals surface area (Å²) in [5, 5.41) is 5.63. The van der Waals surface area contributed by atoms with E-state index in [9.17, 15) is 22.8 Å². The van der Waals surface area contributed by atoms with Crippen LogP contribution in [-0.2, 0) is 11.0 Å². The van der Waals surface area contributed by atoms with Crippen LogP contribution in [0.2, 0.25) is 0 Å². The quantitative estimate of drug-likeness (QED) is 0.873. The van der Waals surface area contributed by atoms with Crippen LogP contribution in [0.5, 0.6) is 0 Å². The molecule has 1 aliphatic rings. The fourth-order valence-corrected chi connectivity index (χ4v) is 2.70. The molecule has 0 radical (unpaired) electrons. The van der Waals surface area contributed by atoms with Gasteiger partial charge in [0.2, 0.25) is 0 Å². The Morgan fingerprint density at radius 3 is 2.70 bits per heavy atom. The van der Waals surface area contributed by atoms with E-state index in [1.807, 2.05) is 6.92 Å². The Labute approximate surface area is 132 Å². The Kier molecular flexibility index (Phi) is 5.41. The molecule has 1 aliphatic heterocycles. The van der Waals surface area contributed by atoms with Crippen molar-refractivity contribution in [3.05, 3.63) is 35.4 Å². The molecule has 1 saturated heterocycles. The molecule has 0 saturated carbocycles. The summed E-state index contributed by atoms with van der Waals surface area (Å²) in [7, 11) is 0. The Morgan fingerprint density at radius 1 is 1.35 bits per heavy atom. The fraction of sp³-hybridized carbons (Fsp3) is 0.500. The number of carbonyl (C=O) groups is 2. The smallest absolute Gasteiger partial charge is 0.345 e. The standard InChI is InChI=1S/C16H19F3N2O2/c1-10-5-11(8-20-10)6-14(22)9-21-15(23)12-3-2-4-13(7-12)16(17,18)19/h2-4,7,10-11,20H,5-6,8-9H2,1H3,(H,21,23)/t10-,11-/m0/s1. The molecule has 0 unspecified atom stereocenters. The van der Waals surface area contributed by atoms with Gasteiger partial charge in [0.25, 0.3) is 5.91 Å². The van der Waals surface area contributed by atoms with Gasteiger partial charge in [0, 0.05) is 18.0 Å². The first-order valence-electron chi connectivity index (χ1n) is 7.46. The summed E-state index contributed by atoms with van der Waals surface area (Å²) in [6, 6.07) is 4.52. The number of amides is 1. The molecule has 1 heterocycles. The van der Waals surface area contributed by atoms with Crippen molar-refractivity contribution in [1.29, 1.82) is 0 Å². The lowest BCUT2D eigenvalue weighted by atomic mass is 9.99. The second kappa shape index (κ2) is 7.12. The highest BCUT2D eigenvalue weighted by Gasteiger charge is 2.31. The van der Waals surface area contributed by atoms with Gasteiger partial charge in [-0.25, -0.2) is 0 Å². The first-order chi connectivity index (χ1) is 10.8. The highest BCUT2D eigenvalue weighted by Crippen LogP contribution is 2.29. The maximum absolute atomic E-state index is 12.6. The number of hydrogen-bond acceptors (Lipinski definition) is 3. The zero-order chi connectivity index (χ0) is 17.0. The average Bonchev–Trinajstić information content (AvgIpc) is 2.89. The maximum Gasteiger partial charge on any atom is 0.416 e. The molecule has 0 bridgehead atoms. The van der Waals surface area contributed by atoms with Gasteiger partial charge in [-0.2, -0.15) is 13.2 Å². The minimum absolute atomic E-state index is 0.108. The molecule has 23 heavy (non-hydrogen) atoms. The lowest BCUT2D eigenvalue weighted by Crippen LogP contribution is -2.30. The molecule has 2 N–H and O–H groups in total. The topological polar surface area (TPSA) is 58.2 Å². The predicted molar refractivity (Wildman–Crippen MR) is 79.0 cm³/mol. The second-order valence-electron chi connectivity index (χ2n) is 5.92. The van der Waals surface area contributed by atoms with E-state index in [0.717, 1.165) is 25.1 Å². The number of nitrogens with one attached hydrogen (secondary N) is 2. The number of ketones is 1. The molecule has 1 amide bonds. The van der Waals surface area contributed by atoms with Gasteiger partial charge in [0.05, 0.1) is 12.1 Å². The largest absolute Gasteiger partial charge is 0.416 e. The summed E-state index contributed by atoms with van der Waals surface area (Å²) in [6.45, 7) is 2.65. The molecule has 0 aliphatic carbocycles. The van der Waals surface area contributed by atoms with Crippen molar-refractivity contribution in [1.82, 2.24) is 10.6 Å². The molecule has 0 aromatic heterocycles. The summed E-state index contributed by atoms with van der Waals surface area (Å²) >= 11 is 0. The lowest BCUT2D eigenvalue weighted by molar-refractivity contribution is -0.137. The van der Waals surface area contributed by atoms with E-state index in [2.05, 4.69) is 10.6 Å². The zero-order valence-electron chi connectivity index (χ0n) is 12.7. The van der Waals surface area contributed by atoms with Gasteiger partial charge < -0.3 is 10.6 Å². The Hall–Kier alpha value is -1.89. The van der Waals surface area contributed by atoms with E-state index in [4.69, 9.17) is 0 Å². The number of benzene rings is 1. The van der Waals surface area contributed by atoms with Gasteiger partial charge in [0.1, 0.15) is 0 Å². The minimum atomic E-state index is -4.50. The minimum Gasteiger partial charge on any atom is -0.345 e. The predicted octanol–water partition coefficient (Wildman–Crippen LogP) is 2.39. The molecule has 1 aromatic carbocycles. The molecular weight excluding hydrogens is 309 g/mol. The third-order valence-corrected chi connectivity index (χ3v) is 3.86. The van der Waals surface area contributed by atoms with Crippen LogP contribution in [0.25, 0.3) is 0 Å². The molecule has 1 fully saturated rings. The Balaban J connectivity index is 1.86. The zero-order valence-corrected chi connectivity index (χ0v) is 12.7. The van der Waals surface area contributed by atoms with Gasteiger partial charge in [-0.15, -0.1) is 0 Å². The molecule has 2 atom stereocenters. The van der Waals surface area contributed by atoms with Crippen LogP contribution in [0.15, 0.2) is 24.3 Å². The molecule has 2 rings (SSSR count). The lowest BCUT2D eigenvalue weighted by Gasteiger charge is -2.10. The number of Topliss-reactive ketones (excluding diaryl/α,β-unsaturated/α-hetero) is 1. The summed E-state index contributed by atoms with van der Waals surface area (Å²) in [5.74, 6) is -0.545. The second-order valence-corrected chi connectivity index (χ2v) is 5.92. The van der Waals surface area contributed by atoms with Gasteiger partial charge in [-0.3, -0.25) is 9.59 Å².